The zero-order valence-corrected chi connectivity index (χ0v) is 5.29. The Morgan fingerprint density at radius 2 is 2.11 bits per heavy atom. The molecule has 0 bridgehead atoms. The van der Waals surface area contributed by atoms with Gasteiger partial charge in [-0.3, -0.25) is 16.1 Å². The first-order valence-electron chi connectivity index (χ1n) is 2.39. The van der Waals surface area contributed by atoms with Crippen molar-refractivity contribution < 1.29 is 15.0 Å². The lowest BCUT2D eigenvalue weighted by Gasteiger charge is -1.84. The van der Waals surface area contributed by atoms with Gasteiger partial charge in [0.15, 0.2) is 0 Å². The van der Waals surface area contributed by atoms with Crippen LogP contribution in [-0.4, -0.2) is 29.3 Å². The number of hydrogen-bond donors (Lipinski definition) is 4. The summed E-state index contributed by atoms with van der Waals surface area (Å²) >= 11 is 0. The predicted octanol–water partition coefficient (Wildman–Crippen LogP) is -1.47. The Labute approximate surface area is 53.4 Å². The van der Waals surface area contributed by atoms with E-state index in [-0.39, 0.29) is 6.61 Å². The normalized spacial score (nSPS) is 7.44. The molecule has 0 amide bonds. The number of carboxylic acid groups (broad SMARTS) is 1. The summed E-state index contributed by atoms with van der Waals surface area (Å²) < 4.78 is 0. The number of carbonyl (C=O) groups is 1. The van der Waals surface area contributed by atoms with E-state index < -0.39 is 5.97 Å². The van der Waals surface area contributed by atoms with Crippen LogP contribution < -0.4 is 11.3 Å². The van der Waals surface area contributed by atoms with Crippen LogP contribution in [0, 0.1) is 0 Å². The highest BCUT2D eigenvalue weighted by atomic mass is 16.4. The van der Waals surface area contributed by atoms with Gasteiger partial charge in [-0.05, 0) is 0 Å². The van der Waals surface area contributed by atoms with E-state index in [4.69, 9.17) is 20.9 Å². The highest BCUT2D eigenvalue weighted by Crippen LogP contribution is 1.42. The van der Waals surface area contributed by atoms with Gasteiger partial charge in [-0.2, -0.15) is 0 Å². The number of aliphatic hydroxyl groups excluding tert-OH is 1. The Kier molecular flexibility index (Phi) is 12.9. The fourth-order valence-electron chi connectivity index (χ4n) is 0.0645. The van der Waals surface area contributed by atoms with Gasteiger partial charge >= 0.3 is 0 Å². The molecule has 0 aliphatic heterocycles. The number of aliphatic hydroxyl groups is 1. The topological polar surface area (TPSA) is 95.6 Å². The monoisotopic (exact) mass is 136 g/mol. The number of hydrazine groups is 1. The molecule has 5 heteroatoms. The van der Waals surface area contributed by atoms with Crippen LogP contribution in [0.3, 0.4) is 0 Å². The minimum Gasteiger partial charge on any atom is -0.481 e. The summed E-state index contributed by atoms with van der Waals surface area (Å²) in [6.45, 7) is 1.66. The minimum absolute atomic E-state index is 0.108. The first-order valence-corrected chi connectivity index (χ1v) is 2.39. The molecule has 0 aromatic heterocycles. The lowest BCUT2D eigenvalue weighted by atomic mass is 10.7. The van der Waals surface area contributed by atoms with E-state index in [0.29, 0.717) is 6.54 Å². The molecule has 0 heterocycles. The van der Waals surface area contributed by atoms with Gasteiger partial charge in [0, 0.05) is 13.5 Å². The molecule has 0 aliphatic rings. The molecule has 0 aliphatic carbocycles. The molecule has 56 valence electrons. The van der Waals surface area contributed by atoms with Crippen molar-refractivity contribution in [2.24, 2.45) is 5.84 Å². The Morgan fingerprint density at radius 1 is 1.78 bits per heavy atom. The van der Waals surface area contributed by atoms with Crippen LogP contribution in [0.15, 0.2) is 0 Å². The summed E-state index contributed by atoms with van der Waals surface area (Å²) in [6.07, 6.45) is 0. The van der Waals surface area contributed by atoms with Crippen molar-refractivity contribution in [1.29, 1.82) is 0 Å². The highest BCUT2D eigenvalue weighted by Gasteiger charge is 1.66. The molecular weight excluding hydrogens is 124 g/mol. The van der Waals surface area contributed by atoms with E-state index in [1.54, 1.807) is 0 Å². The third kappa shape index (κ3) is 115. The molecule has 5 N–H and O–H groups in total. The molecule has 0 atom stereocenters. The van der Waals surface area contributed by atoms with Crippen molar-refractivity contribution in [3.63, 3.8) is 0 Å². The van der Waals surface area contributed by atoms with Crippen molar-refractivity contribution in [1.82, 2.24) is 5.43 Å². The summed E-state index contributed by atoms with van der Waals surface area (Å²) in [5.74, 6) is 3.90. The van der Waals surface area contributed by atoms with Crippen molar-refractivity contribution in [2.75, 3.05) is 13.2 Å². The lowest BCUT2D eigenvalue weighted by Crippen LogP contribution is -2.24. The van der Waals surface area contributed by atoms with Gasteiger partial charge in [-0.25, -0.2) is 0 Å². The van der Waals surface area contributed by atoms with Crippen molar-refractivity contribution in [3.8, 4) is 0 Å². The van der Waals surface area contributed by atoms with Crippen molar-refractivity contribution in [2.45, 2.75) is 6.92 Å². The summed E-state index contributed by atoms with van der Waals surface area (Å²) in [5, 5.41) is 15.3. The molecule has 0 saturated heterocycles. The average molecular weight is 136 g/mol. The van der Waals surface area contributed by atoms with E-state index in [1.165, 1.54) is 0 Å². The molecule has 0 spiro atoms. The SMILES string of the molecule is CC(=O)O.NNCCO. The second-order valence-electron chi connectivity index (χ2n) is 1.20. The standard InChI is InChI=1S/C2H8N2O.C2H4O2/c3-4-1-2-5;1-2(3)4/h4-5H,1-3H2;1H3,(H,3,4). The van der Waals surface area contributed by atoms with E-state index >= 15 is 0 Å². The first kappa shape index (κ1) is 11.2. The number of hydrogen-bond acceptors (Lipinski definition) is 4. The maximum atomic E-state index is 9.00. The van der Waals surface area contributed by atoms with Gasteiger partial charge in [-0.1, -0.05) is 0 Å². The second-order valence-corrected chi connectivity index (χ2v) is 1.20. The second kappa shape index (κ2) is 10.4. The maximum absolute atomic E-state index is 9.00. The zero-order chi connectivity index (χ0) is 7.70. The van der Waals surface area contributed by atoms with Crippen molar-refractivity contribution in [3.05, 3.63) is 0 Å². The highest BCUT2D eigenvalue weighted by molar-refractivity contribution is 5.62. The predicted molar refractivity (Wildman–Crippen MR) is 32.6 cm³/mol. The smallest absolute Gasteiger partial charge is 0.300 e. The van der Waals surface area contributed by atoms with Crippen LogP contribution in [0.1, 0.15) is 6.92 Å². The van der Waals surface area contributed by atoms with E-state index in [9.17, 15) is 0 Å². The van der Waals surface area contributed by atoms with Crippen LogP contribution in [0.5, 0.6) is 0 Å². The minimum atomic E-state index is -0.833. The van der Waals surface area contributed by atoms with Gasteiger partial charge in [0.25, 0.3) is 5.97 Å². The Bertz CT molecular complexity index is 60.8. The molecular formula is C4H12N2O3. The van der Waals surface area contributed by atoms with E-state index in [2.05, 4.69) is 5.43 Å². The van der Waals surface area contributed by atoms with Crippen molar-refractivity contribution >= 4 is 5.97 Å². The van der Waals surface area contributed by atoms with Crippen LogP contribution in [0.2, 0.25) is 0 Å². The maximum Gasteiger partial charge on any atom is 0.300 e. The Morgan fingerprint density at radius 3 is 2.11 bits per heavy atom. The van der Waals surface area contributed by atoms with Gasteiger partial charge in [0.05, 0.1) is 6.61 Å². The summed E-state index contributed by atoms with van der Waals surface area (Å²) in [7, 11) is 0. The molecule has 0 unspecified atom stereocenters. The third-order valence-corrected chi connectivity index (χ3v) is 0.256. The van der Waals surface area contributed by atoms with E-state index in [1.807, 2.05) is 0 Å². The number of nitrogens with one attached hydrogen (secondary N) is 1. The number of carboxylic acids is 1. The lowest BCUT2D eigenvalue weighted by molar-refractivity contribution is -0.134. The van der Waals surface area contributed by atoms with E-state index in [0.717, 1.165) is 6.92 Å². The van der Waals surface area contributed by atoms with Gasteiger partial charge in [-0.15, -0.1) is 0 Å². The molecule has 0 aromatic carbocycles. The van der Waals surface area contributed by atoms with Gasteiger partial charge in [0.1, 0.15) is 0 Å². The summed E-state index contributed by atoms with van der Waals surface area (Å²) in [6, 6.07) is 0. The summed E-state index contributed by atoms with van der Waals surface area (Å²) in [5.41, 5.74) is 2.27. The van der Waals surface area contributed by atoms with Gasteiger partial charge < -0.3 is 10.2 Å². The Balaban J connectivity index is 0. The quantitative estimate of drug-likeness (QED) is 0.274. The fourth-order valence-corrected chi connectivity index (χ4v) is 0.0645. The number of rotatable bonds is 2. The fraction of sp³-hybridized carbons (Fsp3) is 0.750. The molecule has 9 heavy (non-hydrogen) atoms. The van der Waals surface area contributed by atoms with Crippen LogP contribution >= 0.6 is 0 Å². The first-order chi connectivity index (χ1) is 4.15. The average Bonchev–Trinajstić information content (AvgIpc) is 1.66. The largest absolute Gasteiger partial charge is 0.481 e. The van der Waals surface area contributed by atoms with Crippen LogP contribution in [0.25, 0.3) is 0 Å². The van der Waals surface area contributed by atoms with Crippen LogP contribution in [0.4, 0.5) is 0 Å². The molecule has 0 rings (SSSR count). The summed E-state index contributed by atoms with van der Waals surface area (Å²) in [4.78, 5) is 9.00. The Hall–Kier alpha value is -0.650. The van der Waals surface area contributed by atoms with Gasteiger partial charge in [0.2, 0.25) is 0 Å². The molecule has 0 radical (unpaired) electrons. The molecule has 5 nitrogen and oxygen atoms in total. The molecule has 0 saturated carbocycles. The molecule has 0 aromatic rings. The zero-order valence-electron chi connectivity index (χ0n) is 5.29. The number of aliphatic carboxylic acids is 1. The number of nitrogens with two attached hydrogens (primary N) is 1. The van der Waals surface area contributed by atoms with Crippen LogP contribution in [-0.2, 0) is 4.79 Å². The third-order valence-electron chi connectivity index (χ3n) is 0.256. The molecule has 0 fully saturated rings.